The van der Waals surface area contributed by atoms with Gasteiger partial charge in [-0.1, -0.05) is 0 Å². The van der Waals surface area contributed by atoms with Crippen LogP contribution in [0.3, 0.4) is 0 Å². The van der Waals surface area contributed by atoms with Gasteiger partial charge in [0.25, 0.3) is 11.5 Å². The Morgan fingerprint density at radius 1 is 1.61 bits per heavy atom. The lowest BCUT2D eigenvalue weighted by Crippen LogP contribution is -2.38. The van der Waals surface area contributed by atoms with E-state index in [0.29, 0.717) is 4.57 Å². The number of aliphatic hydroxyl groups is 1. The Bertz CT molecular complexity index is 566. The van der Waals surface area contributed by atoms with E-state index in [-0.39, 0.29) is 5.56 Å². The fourth-order valence-corrected chi connectivity index (χ4v) is 1.87. The second-order valence-electron chi connectivity index (χ2n) is 4.24. The molecule has 0 amide bonds. The molecular weight excluding hydrogens is 250 g/mol. The van der Waals surface area contributed by atoms with Crippen LogP contribution in [-0.2, 0) is 4.74 Å². The van der Waals surface area contributed by atoms with E-state index in [0.717, 1.165) is 6.20 Å². The summed E-state index contributed by atoms with van der Waals surface area (Å²) in [5.41, 5.74) is -1.47. The van der Waals surface area contributed by atoms with Gasteiger partial charge in [0.2, 0.25) is 6.23 Å². The van der Waals surface area contributed by atoms with Crippen LogP contribution >= 0.6 is 0 Å². The Balaban J connectivity index is 2.46. The summed E-state index contributed by atoms with van der Waals surface area (Å²) in [5.74, 6) is -3.28. The fraction of sp³-hybridized carbons (Fsp3) is 0.600. The van der Waals surface area contributed by atoms with Gasteiger partial charge in [-0.05, 0) is 6.92 Å². The quantitative estimate of drug-likeness (QED) is 0.770. The van der Waals surface area contributed by atoms with Gasteiger partial charge in [0.1, 0.15) is 0 Å². The number of aromatic nitrogens is 2. The summed E-state index contributed by atoms with van der Waals surface area (Å²) in [6.45, 7) is 0.842. The average Bonchev–Trinajstić information content (AvgIpc) is 2.59. The summed E-state index contributed by atoms with van der Waals surface area (Å²) < 4.78 is 32.9. The normalized spacial score (nSPS) is 26.4. The lowest BCUT2D eigenvalue weighted by molar-refractivity contribution is -0.120. The van der Waals surface area contributed by atoms with E-state index in [4.69, 9.17) is 9.84 Å². The SMILES string of the molecule is Cc1cn([C@H]2O[C@@H](CO)CC2(F)F)c(=O)[nH]c1=O. The molecule has 2 atom stereocenters. The third-order valence-electron chi connectivity index (χ3n) is 2.78. The fourth-order valence-electron chi connectivity index (χ4n) is 1.87. The first-order valence-corrected chi connectivity index (χ1v) is 5.31. The van der Waals surface area contributed by atoms with E-state index < -0.39 is 42.5 Å². The Morgan fingerprint density at radius 3 is 2.83 bits per heavy atom. The van der Waals surface area contributed by atoms with Gasteiger partial charge < -0.3 is 9.84 Å². The molecule has 0 aromatic carbocycles. The van der Waals surface area contributed by atoms with E-state index in [9.17, 15) is 18.4 Å². The van der Waals surface area contributed by atoms with Crippen molar-refractivity contribution in [2.45, 2.75) is 31.6 Å². The maximum Gasteiger partial charge on any atom is 0.330 e. The minimum absolute atomic E-state index is 0.126. The molecule has 100 valence electrons. The highest BCUT2D eigenvalue weighted by Gasteiger charge is 2.51. The Hall–Kier alpha value is -1.54. The monoisotopic (exact) mass is 262 g/mol. The molecule has 1 aliphatic rings. The van der Waals surface area contributed by atoms with Crippen LogP contribution in [0.25, 0.3) is 0 Å². The van der Waals surface area contributed by atoms with Gasteiger partial charge in [0.15, 0.2) is 0 Å². The Kier molecular flexibility index (Phi) is 3.07. The lowest BCUT2D eigenvalue weighted by Gasteiger charge is -2.19. The van der Waals surface area contributed by atoms with Crippen LogP contribution in [0.2, 0.25) is 0 Å². The van der Waals surface area contributed by atoms with Crippen molar-refractivity contribution in [2.75, 3.05) is 6.61 Å². The van der Waals surface area contributed by atoms with Gasteiger partial charge in [0, 0.05) is 18.2 Å². The topological polar surface area (TPSA) is 84.3 Å². The maximum atomic E-state index is 13.7. The zero-order chi connectivity index (χ0) is 13.5. The molecule has 18 heavy (non-hydrogen) atoms. The number of ether oxygens (including phenoxy) is 1. The summed E-state index contributed by atoms with van der Waals surface area (Å²) in [4.78, 5) is 24.6. The van der Waals surface area contributed by atoms with Crippen LogP contribution in [0.1, 0.15) is 18.2 Å². The van der Waals surface area contributed by atoms with Crippen molar-refractivity contribution in [2.24, 2.45) is 0 Å². The number of aliphatic hydroxyl groups excluding tert-OH is 1. The van der Waals surface area contributed by atoms with E-state index in [1.807, 2.05) is 4.98 Å². The summed E-state index contributed by atoms with van der Waals surface area (Å²) in [6, 6.07) is 0. The van der Waals surface area contributed by atoms with Crippen molar-refractivity contribution < 1.29 is 18.6 Å². The molecule has 1 aromatic heterocycles. The highest BCUT2D eigenvalue weighted by atomic mass is 19.3. The molecule has 2 rings (SSSR count). The number of hydrogen-bond donors (Lipinski definition) is 2. The predicted octanol–water partition coefficient (Wildman–Crippen LogP) is -0.240. The maximum absolute atomic E-state index is 13.7. The number of nitrogens with zero attached hydrogens (tertiary/aromatic N) is 1. The number of alkyl halides is 2. The Labute approximate surface area is 99.8 Å². The minimum Gasteiger partial charge on any atom is -0.394 e. The van der Waals surface area contributed by atoms with Crippen LogP contribution in [0.4, 0.5) is 8.78 Å². The molecule has 1 aliphatic heterocycles. The standard InChI is InChI=1S/C10H12F2N2O4/c1-5-3-14(9(17)13-7(5)16)8-10(11,12)2-6(4-15)18-8/h3,6,8,15H,2,4H2,1H3,(H,13,16,17)/t6-,8+/m1/s1. The molecular formula is C10H12F2N2O4. The minimum atomic E-state index is -3.28. The molecule has 2 heterocycles. The Morgan fingerprint density at radius 2 is 2.28 bits per heavy atom. The van der Waals surface area contributed by atoms with Crippen molar-refractivity contribution in [1.82, 2.24) is 9.55 Å². The van der Waals surface area contributed by atoms with Crippen molar-refractivity contribution in [1.29, 1.82) is 0 Å². The second-order valence-corrected chi connectivity index (χ2v) is 4.24. The predicted molar refractivity (Wildman–Crippen MR) is 56.6 cm³/mol. The highest BCUT2D eigenvalue weighted by Crippen LogP contribution is 2.41. The van der Waals surface area contributed by atoms with Crippen LogP contribution in [0, 0.1) is 6.92 Å². The van der Waals surface area contributed by atoms with Gasteiger partial charge in [0.05, 0.1) is 12.7 Å². The molecule has 1 fully saturated rings. The van der Waals surface area contributed by atoms with Crippen LogP contribution in [0.5, 0.6) is 0 Å². The molecule has 8 heteroatoms. The zero-order valence-electron chi connectivity index (χ0n) is 9.52. The molecule has 0 saturated carbocycles. The van der Waals surface area contributed by atoms with Gasteiger partial charge in [-0.2, -0.15) is 0 Å². The largest absolute Gasteiger partial charge is 0.394 e. The zero-order valence-corrected chi connectivity index (χ0v) is 9.52. The van der Waals surface area contributed by atoms with Crippen LogP contribution in [0.15, 0.2) is 15.8 Å². The summed E-state index contributed by atoms with van der Waals surface area (Å²) in [7, 11) is 0. The highest BCUT2D eigenvalue weighted by molar-refractivity contribution is 5.03. The number of H-pyrrole nitrogens is 1. The van der Waals surface area contributed by atoms with Crippen molar-refractivity contribution in [3.05, 3.63) is 32.6 Å². The van der Waals surface area contributed by atoms with E-state index in [2.05, 4.69) is 0 Å². The van der Waals surface area contributed by atoms with Crippen molar-refractivity contribution in [3.63, 3.8) is 0 Å². The number of nitrogens with one attached hydrogen (secondary N) is 1. The van der Waals surface area contributed by atoms with Gasteiger partial charge in [-0.15, -0.1) is 0 Å². The number of rotatable bonds is 2. The molecule has 1 aromatic rings. The van der Waals surface area contributed by atoms with E-state index >= 15 is 0 Å². The summed E-state index contributed by atoms with van der Waals surface area (Å²) in [6.07, 6.45) is -2.47. The van der Waals surface area contributed by atoms with Gasteiger partial charge >= 0.3 is 5.69 Å². The van der Waals surface area contributed by atoms with Gasteiger partial charge in [-0.3, -0.25) is 14.3 Å². The molecule has 0 unspecified atom stereocenters. The number of aryl methyl sites for hydroxylation is 1. The summed E-state index contributed by atoms with van der Waals surface area (Å²) >= 11 is 0. The summed E-state index contributed by atoms with van der Waals surface area (Å²) in [5, 5.41) is 8.83. The smallest absolute Gasteiger partial charge is 0.330 e. The molecule has 0 spiro atoms. The average molecular weight is 262 g/mol. The molecule has 0 aliphatic carbocycles. The van der Waals surface area contributed by atoms with E-state index in [1.165, 1.54) is 6.92 Å². The third-order valence-corrected chi connectivity index (χ3v) is 2.78. The molecule has 1 saturated heterocycles. The number of aromatic amines is 1. The molecule has 2 N–H and O–H groups in total. The first-order valence-electron chi connectivity index (χ1n) is 5.31. The van der Waals surface area contributed by atoms with Crippen LogP contribution < -0.4 is 11.2 Å². The number of halogens is 2. The third kappa shape index (κ3) is 2.08. The van der Waals surface area contributed by atoms with Gasteiger partial charge in [-0.25, -0.2) is 13.6 Å². The lowest BCUT2D eigenvalue weighted by atomic mass is 10.2. The molecule has 0 bridgehead atoms. The molecule has 0 radical (unpaired) electrons. The van der Waals surface area contributed by atoms with E-state index in [1.54, 1.807) is 0 Å². The first kappa shape index (κ1) is 12.9. The van der Waals surface area contributed by atoms with Crippen molar-refractivity contribution in [3.8, 4) is 0 Å². The van der Waals surface area contributed by atoms with Crippen molar-refractivity contribution >= 4 is 0 Å². The first-order chi connectivity index (χ1) is 8.35. The number of hydrogen-bond acceptors (Lipinski definition) is 4. The van der Waals surface area contributed by atoms with Crippen LogP contribution in [-0.4, -0.2) is 33.3 Å². The second kappa shape index (κ2) is 4.29. The molecule has 6 nitrogen and oxygen atoms in total.